The number of hydrogen-bond donors (Lipinski definition) is 0. The number of carbonyl (C=O) groups is 1. The van der Waals surface area contributed by atoms with Gasteiger partial charge in [0.15, 0.2) is 28.6 Å². The van der Waals surface area contributed by atoms with Crippen molar-refractivity contribution in [2.24, 2.45) is 7.05 Å². The van der Waals surface area contributed by atoms with Crippen LogP contribution < -0.4 is 14.2 Å². The van der Waals surface area contributed by atoms with Crippen LogP contribution in [-0.2, 0) is 18.4 Å². The molecule has 0 saturated heterocycles. The number of fused-ring (bicyclic) bond motifs is 1. The van der Waals surface area contributed by atoms with Gasteiger partial charge >= 0.3 is 0 Å². The summed E-state index contributed by atoms with van der Waals surface area (Å²) >= 11 is 1.40. The van der Waals surface area contributed by atoms with Gasteiger partial charge in [-0.05, 0) is 42.7 Å². The number of carbonyl (C=O) groups excluding carboxylic acids is 1. The van der Waals surface area contributed by atoms with Crippen molar-refractivity contribution < 1.29 is 19.0 Å². The van der Waals surface area contributed by atoms with Crippen LogP contribution in [0.3, 0.4) is 0 Å². The number of nitrogens with zero attached hydrogens (tertiary/aromatic N) is 4. The quantitative estimate of drug-likeness (QED) is 0.469. The number of rotatable bonds is 8. The monoisotopic (exact) mass is 466 g/mol. The van der Waals surface area contributed by atoms with Crippen LogP contribution >= 0.6 is 11.8 Å². The van der Waals surface area contributed by atoms with Gasteiger partial charge in [-0.15, -0.1) is 10.2 Å². The van der Waals surface area contributed by atoms with E-state index >= 15 is 0 Å². The molecule has 1 unspecified atom stereocenters. The van der Waals surface area contributed by atoms with E-state index in [2.05, 4.69) is 10.2 Å². The molecule has 0 spiro atoms. The van der Waals surface area contributed by atoms with Crippen molar-refractivity contribution in [2.45, 2.75) is 36.7 Å². The fraction of sp³-hybridized carbons (Fsp3) is 0.375. The minimum atomic E-state index is -0.347. The predicted molar refractivity (Wildman–Crippen MR) is 124 cm³/mol. The minimum Gasteiger partial charge on any atom is -0.497 e. The van der Waals surface area contributed by atoms with Gasteiger partial charge in [0.2, 0.25) is 5.91 Å². The summed E-state index contributed by atoms with van der Waals surface area (Å²) in [5.74, 6) is 3.33. The highest BCUT2D eigenvalue weighted by Crippen LogP contribution is 2.36. The highest BCUT2D eigenvalue weighted by molar-refractivity contribution is 7.99. The number of benzene rings is 2. The van der Waals surface area contributed by atoms with Crippen molar-refractivity contribution in [1.82, 2.24) is 19.7 Å². The van der Waals surface area contributed by atoms with Crippen LogP contribution in [-0.4, -0.2) is 51.1 Å². The molecule has 3 aromatic rings. The second-order valence-electron chi connectivity index (χ2n) is 8.15. The molecular formula is C24H26N4O4S. The summed E-state index contributed by atoms with van der Waals surface area (Å²) in [4.78, 5) is 15.0. The SMILES string of the molecule is COc1ccc(CN(C(=O)CSc2nnc(C3COc4ccccc4O3)n2C)C2CC2)cc1. The fourth-order valence-electron chi connectivity index (χ4n) is 3.82. The van der Waals surface area contributed by atoms with Gasteiger partial charge in [0.1, 0.15) is 12.4 Å². The van der Waals surface area contributed by atoms with Gasteiger partial charge < -0.3 is 23.7 Å². The number of methoxy groups -OCH3 is 1. The van der Waals surface area contributed by atoms with E-state index < -0.39 is 0 Å². The third-order valence-corrected chi connectivity index (χ3v) is 6.81. The lowest BCUT2D eigenvalue weighted by atomic mass is 10.2. The van der Waals surface area contributed by atoms with Crippen LogP contribution in [0.4, 0.5) is 0 Å². The van der Waals surface area contributed by atoms with Crippen LogP contribution in [0.1, 0.15) is 30.3 Å². The molecular weight excluding hydrogens is 440 g/mol. The molecule has 5 rings (SSSR count). The van der Waals surface area contributed by atoms with Gasteiger partial charge in [-0.25, -0.2) is 0 Å². The van der Waals surface area contributed by atoms with Crippen molar-refractivity contribution in [3.8, 4) is 17.2 Å². The van der Waals surface area contributed by atoms with Gasteiger partial charge in [-0.1, -0.05) is 36.0 Å². The molecule has 2 aromatic carbocycles. The average Bonchev–Trinajstić information content (AvgIpc) is 3.63. The van der Waals surface area contributed by atoms with E-state index in [0.717, 1.165) is 29.9 Å². The first-order chi connectivity index (χ1) is 16.1. The van der Waals surface area contributed by atoms with Crippen LogP contribution in [0.2, 0.25) is 0 Å². The smallest absolute Gasteiger partial charge is 0.233 e. The van der Waals surface area contributed by atoms with Crippen molar-refractivity contribution in [3.05, 3.63) is 59.9 Å². The fourth-order valence-corrected chi connectivity index (χ4v) is 4.63. The third-order valence-electron chi connectivity index (χ3n) is 5.81. The lowest BCUT2D eigenvalue weighted by Gasteiger charge is -2.25. The Kier molecular flexibility index (Phi) is 6.13. The molecule has 0 radical (unpaired) electrons. The van der Waals surface area contributed by atoms with E-state index in [-0.39, 0.29) is 12.0 Å². The lowest BCUT2D eigenvalue weighted by Crippen LogP contribution is -2.34. The number of thioether (sulfide) groups is 1. The maximum Gasteiger partial charge on any atom is 0.233 e. The molecule has 1 amide bonds. The normalized spacial score (nSPS) is 17.0. The average molecular weight is 467 g/mol. The Morgan fingerprint density at radius 3 is 2.64 bits per heavy atom. The summed E-state index contributed by atoms with van der Waals surface area (Å²) in [6.07, 6.45) is 1.77. The van der Waals surface area contributed by atoms with Crippen LogP contribution in [0.25, 0.3) is 0 Å². The number of ether oxygens (including phenoxy) is 3. The topological polar surface area (TPSA) is 78.7 Å². The maximum absolute atomic E-state index is 13.1. The second kappa shape index (κ2) is 9.35. The molecule has 1 aromatic heterocycles. The first kappa shape index (κ1) is 21.6. The molecule has 8 nitrogen and oxygen atoms in total. The number of aromatic nitrogens is 3. The maximum atomic E-state index is 13.1. The zero-order valence-corrected chi connectivity index (χ0v) is 19.5. The first-order valence-corrected chi connectivity index (χ1v) is 11.9. The number of amides is 1. The number of hydrogen-bond acceptors (Lipinski definition) is 7. The van der Waals surface area contributed by atoms with E-state index in [0.29, 0.717) is 41.7 Å². The van der Waals surface area contributed by atoms with E-state index in [1.54, 1.807) is 7.11 Å². The third kappa shape index (κ3) is 4.78. The van der Waals surface area contributed by atoms with Crippen LogP contribution in [0, 0.1) is 0 Å². The van der Waals surface area contributed by atoms with E-state index in [1.165, 1.54) is 11.8 Å². The van der Waals surface area contributed by atoms with Crippen molar-refractivity contribution in [3.63, 3.8) is 0 Å². The minimum absolute atomic E-state index is 0.106. The molecule has 0 bridgehead atoms. The summed E-state index contributed by atoms with van der Waals surface area (Å²) in [5, 5.41) is 9.30. The first-order valence-electron chi connectivity index (χ1n) is 11.0. The molecule has 9 heteroatoms. The summed E-state index contributed by atoms with van der Waals surface area (Å²) in [6, 6.07) is 15.8. The van der Waals surface area contributed by atoms with Gasteiger partial charge in [0.25, 0.3) is 0 Å². The molecule has 1 saturated carbocycles. The second-order valence-corrected chi connectivity index (χ2v) is 9.10. The lowest BCUT2D eigenvalue weighted by molar-refractivity contribution is -0.129. The van der Waals surface area contributed by atoms with Gasteiger partial charge in [-0.2, -0.15) is 0 Å². The van der Waals surface area contributed by atoms with Crippen molar-refractivity contribution in [1.29, 1.82) is 0 Å². The Morgan fingerprint density at radius 1 is 1.15 bits per heavy atom. The Morgan fingerprint density at radius 2 is 1.91 bits per heavy atom. The zero-order chi connectivity index (χ0) is 22.8. The van der Waals surface area contributed by atoms with Gasteiger partial charge in [-0.3, -0.25) is 4.79 Å². The van der Waals surface area contributed by atoms with Crippen molar-refractivity contribution >= 4 is 17.7 Å². The molecule has 2 heterocycles. The summed E-state index contributed by atoms with van der Waals surface area (Å²) in [6.45, 7) is 0.967. The molecule has 172 valence electrons. The molecule has 1 aliphatic carbocycles. The van der Waals surface area contributed by atoms with Crippen LogP contribution in [0.5, 0.6) is 17.2 Å². The van der Waals surface area contributed by atoms with Crippen LogP contribution in [0.15, 0.2) is 53.7 Å². The summed E-state index contributed by atoms with van der Waals surface area (Å²) in [7, 11) is 3.54. The van der Waals surface area contributed by atoms with Gasteiger partial charge in [0, 0.05) is 19.6 Å². The van der Waals surface area contributed by atoms with Crippen molar-refractivity contribution in [2.75, 3.05) is 19.5 Å². The standard InChI is InChI=1S/C24H26N4O4S/c1-27-23(21-14-31-19-5-3-4-6-20(19)32-21)25-26-24(27)33-15-22(29)28(17-9-10-17)13-16-7-11-18(30-2)12-8-16/h3-8,11-12,17,21H,9-10,13-15H2,1-2H3. The zero-order valence-electron chi connectivity index (χ0n) is 18.6. The Bertz CT molecular complexity index is 1130. The Balaban J connectivity index is 1.22. The molecule has 1 atom stereocenters. The number of para-hydroxylation sites is 2. The predicted octanol–water partition coefficient (Wildman–Crippen LogP) is 3.62. The van der Waals surface area contributed by atoms with Gasteiger partial charge in [0.05, 0.1) is 12.9 Å². The largest absolute Gasteiger partial charge is 0.497 e. The Labute approximate surface area is 196 Å². The summed E-state index contributed by atoms with van der Waals surface area (Å²) in [5.41, 5.74) is 1.09. The highest BCUT2D eigenvalue weighted by atomic mass is 32.2. The molecule has 2 aliphatic rings. The van der Waals surface area contributed by atoms with E-state index in [1.807, 2.05) is 65.0 Å². The van der Waals surface area contributed by atoms with E-state index in [4.69, 9.17) is 14.2 Å². The summed E-state index contributed by atoms with van der Waals surface area (Å²) < 4.78 is 19.0. The molecule has 33 heavy (non-hydrogen) atoms. The Hall–Kier alpha value is -3.20. The molecule has 1 aliphatic heterocycles. The highest BCUT2D eigenvalue weighted by Gasteiger charge is 2.33. The molecule has 1 fully saturated rings. The van der Waals surface area contributed by atoms with E-state index in [9.17, 15) is 4.79 Å². The molecule has 0 N–H and O–H groups in total.